The molecule has 0 aliphatic rings. The molecule has 0 bridgehead atoms. The van der Waals surface area contributed by atoms with E-state index in [-0.39, 0.29) is 0 Å². The van der Waals surface area contributed by atoms with E-state index in [1.807, 2.05) is 30.1 Å². The number of hydrogen-bond donors (Lipinski definition) is 2. The molecule has 2 N–H and O–H groups in total. The highest BCUT2D eigenvalue weighted by atomic mass is 32.1. The normalized spacial score (nSPS) is 11.3. The van der Waals surface area contributed by atoms with Gasteiger partial charge in [0, 0.05) is 36.9 Å². The Hall–Kier alpha value is -2.73. The second kappa shape index (κ2) is 13.5. The van der Waals surface area contributed by atoms with E-state index in [0.717, 1.165) is 41.6 Å². The minimum Gasteiger partial charge on any atom is -0.384 e. The van der Waals surface area contributed by atoms with Crippen molar-refractivity contribution in [2.24, 2.45) is 0 Å². The summed E-state index contributed by atoms with van der Waals surface area (Å²) in [6, 6.07) is 14.8. The van der Waals surface area contributed by atoms with Gasteiger partial charge in [-0.2, -0.15) is 0 Å². The third-order valence-corrected chi connectivity index (χ3v) is 6.25. The summed E-state index contributed by atoms with van der Waals surface area (Å²) in [5, 5.41) is 11.5. The van der Waals surface area contributed by atoms with Gasteiger partial charge < -0.3 is 10.2 Å². The van der Waals surface area contributed by atoms with Gasteiger partial charge in [0.2, 0.25) is 0 Å². The van der Waals surface area contributed by atoms with Crippen LogP contribution >= 0.6 is 11.3 Å². The summed E-state index contributed by atoms with van der Waals surface area (Å²) < 4.78 is 0. The average Bonchev–Trinajstić information content (AvgIpc) is 3.25. The Morgan fingerprint density at radius 1 is 1.23 bits per heavy atom. The van der Waals surface area contributed by atoms with Crippen molar-refractivity contribution >= 4 is 39.9 Å². The Bertz CT molecular complexity index is 926. The summed E-state index contributed by atoms with van der Waals surface area (Å²) in [6.45, 7) is 5.24. The highest BCUT2D eigenvalue weighted by Crippen LogP contribution is 2.28. The zero-order chi connectivity index (χ0) is 22.5. The summed E-state index contributed by atoms with van der Waals surface area (Å²) in [5.74, 6) is 0. The lowest BCUT2D eigenvalue weighted by atomic mass is 10.1. The first kappa shape index (κ1) is 24.5. The van der Waals surface area contributed by atoms with Crippen molar-refractivity contribution in [3.63, 3.8) is 0 Å². The molecule has 0 saturated carbocycles. The molecule has 0 aliphatic carbocycles. The molecule has 3 rings (SSSR count). The van der Waals surface area contributed by atoms with Crippen LogP contribution in [0.15, 0.2) is 48.7 Å². The highest BCUT2D eigenvalue weighted by molar-refractivity contribution is 7.20. The zero-order valence-corrected chi connectivity index (χ0v) is 19.6. The fraction of sp³-hybridized carbons (Fsp3) is 0.400. The van der Waals surface area contributed by atoms with Crippen LogP contribution in [0.5, 0.6) is 0 Å². The number of pyridine rings is 1. The van der Waals surface area contributed by atoms with Crippen molar-refractivity contribution in [2.75, 3.05) is 18.9 Å². The summed E-state index contributed by atoms with van der Waals surface area (Å²) in [6.07, 6.45) is 9.93. The van der Waals surface area contributed by atoms with Crippen molar-refractivity contribution in [2.45, 2.75) is 52.0 Å². The van der Waals surface area contributed by atoms with Gasteiger partial charge in [-0.1, -0.05) is 57.0 Å². The van der Waals surface area contributed by atoms with Crippen LogP contribution in [-0.4, -0.2) is 42.1 Å². The van der Waals surface area contributed by atoms with E-state index < -0.39 is 0 Å². The van der Waals surface area contributed by atoms with Crippen LogP contribution in [0.2, 0.25) is 0 Å². The van der Waals surface area contributed by atoms with Gasteiger partial charge in [-0.05, 0) is 37.0 Å². The Labute approximate surface area is 190 Å². The predicted octanol–water partition coefficient (Wildman–Crippen LogP) is 6.26. The molecule has 6 heteroatoms. The number of nitrogens with zero attached hydrogens (tertiary/aromatic N) is 2. The number of thiophene rings is 1. The van der Waals surface area contributed by atoms with Gasteiger partial charge in [0.15, 0.2) is 6.29 Å². The Morgan fingerprint density at radius 3 is 2.65 bits per heavy atom. The molecule has 166 valence electrons. The number of anilines is 1. The Morgan fingerprint density at radius 2 is 2.00 bits per heavy atom. The number of hydrogen-bond acceptors (Lipinski definition) is 5. The van der Waals surface area contributed by atoms with Crippen LogP contribution in [0.3, 0.4) is 0 Å². The molecule has 1 aromatic carbocycles. The van der Waals surface area contributed by atoms with E-state index in [9.17, 15) is 4.79 Å². The molecular formula is C25H34N4OS. The first-order chi connectivity index (χ1) is 15.1. The SMILES string of the molecule is CCCCC(CC)N(C)C=N.O=Cc1cc2c(NCCc3ccccc3)ccnc2s1. The van der Waals surface area contributed by atoms with Crippen LogP contribution in [0.1, 0.15) is 54.8 Å². The topological polar surface area (TPSA) is 69.1 Å². The second-order valence-electron chi connectivity index (χ2n) is 7.51. The maximum Gasteiger partial charge on any atom is 0.160 e. The summed E-state index contributed by atoms with van der Waals surface area (Å²) in [4.78, 5) is 18.8. The number of carbonyl (C=O) groups excluding carboxylic acids is 1. The molecular weight excluding hydrogens is 404 g/mol. The third-order valence-electron chi connectivity index (χ3n) is 5.28. The van der Waals surface area contributed by atoms with E-state index in [1.165, 1.54) is 42.5 Å². The fourth-order valence-corrected chi connectivity index (χ4v) is 4.24. The van der Waals surface area contributed by atoms with Crippen LogP contribution in [0.25, 0.3) is 10.2 Å². The standard InChI is InChI=1S/C16H14N2OS.C9H20N2/c19-11-13-10-14-15(7-9-18-16(14)20-13)17-8-6-12-4-2-1-3-5-12;1-4-6-7-9(5-2)11(3)8-10/h1-5,7,9-11H,6,8H2,(H,17,18);8-10H,4-7H2,1-3H3. The van der Waals surface area contributed by atoms with Crippen molar-refractivity contribution in [3.8, 4) is 0 Å². The van der Waals surface area contributed by atoms with Gasteiger partial charge in [-0.15, -0.1) is 11.3 Å². The van der Waals surface area contributed by atoms with Crippen molar-refractivity contribution in [3.05, 3.63) is 59.1 Å². The van der Waals surface area contributed by atoms with E-state index in [0.29, 0.717) is 10.9 Å². The average molecular weight is 439 g/mol. The monoisotopic (exact) mass is 438 g/mol. The molecule has 0 spiro atoms. The molecule has 0 amide bonds. The number of carbonyl (C=O) groups is 1. The highest BCUT2D eigenvalue weighted by Gasteiger charge is 2.08. The Balaban J connectivity index is 0.000000267. The molecule has 0 radical (unpaired) electrons. The van der Waals surface area contributed by atoms with Gasteiger partial charge in [-0.3, -0.25) is 10.2 Å². The molecule has 2 heterocycles. The number of nitrogens with one attached hydrogen (secondary N) is 2. The summed E-state index contributed by atoms with van der Waals surface area (Å²) in [7, 11) is 1.98. The number of unbranched alkanes of at least 4 members (excludes halogenated alkanes) is 1. The molecule has 0 fully saturated rings. The van der Waals surface area contributed by atoms with Crippen molar-refractivity contribution < 1.29 is 4.79 Å². The molecule has 31 heavy (non-hydrogen) atoms. The molecule has 2 aromatic heterocycles. The fourth-order valence-electron chi connectivity index (χ4n) is 3.40. The number of fused-ring (bicyclic) bond motifs is 1. The summed E-state index contributed by atoms with van der Waals surface area (Å²) in [5.41, 5.74) is 2.35. The van der Waals surface area contributed by atoms with Gasteiger partial charge >= 0.3 is 0 Å². The van der Waals surface area contributed by atoms with E-state index >= 15 is 0 Å². The van der Waals surface area contributed by atoms with Gasteiger partial charge in [0.05, 0.1) is 11.2 Å². The van der Waals surface area contributed by atoms with E-state index in [2.05, 4.69) is 48.4 Å². The van der Waals surface area contributed by atoms with Crippen molar-refractivity contribution in [1.29, 1.82) is 5.41 Å². The van der Waals surface area contributed by atoms with Crippen molar-refractivity contribution in [1.82, 2.24) is 9.88 Å². The lowest BCUT2D eigenvalue weighted by Crippen LogP contribution is -2.29. The number of aromatic nitrogens is 1. The van der Waals surface area contributed by atoms with E-state index in [4.69, 9.17) is 5.41 Å². The minimum absolute atomic E-state index is 0.576. The largest absolute Gasteiger partial charge is 0.384 e. The van der Waals surface area contributed by atoms with E-state index in [1.54, 1.807) is 6.20 Å². The number of aldehydes is 1. The van der Waals surface area contributed by atoms with Gasteiger partial charge in [-0.25, -0.2) is 4.98 Å². The smallest absolute Gasteiger partial charge is 0.160 e. The molecule has 1 unspecified atom stereocenters. The lowest BCUT2D eigenvalue weighted by molar-refractivity contribution is 0.112. The van der Waals surface area contributed by atoms with Crippen LogP contribution < -0.4 is 5.32 Å². The zero-order valence-electron chi connectivity index (χ0n) is 18.8. The molecule has 0 saturated heterocycles. The molecule has 1 atom stereocenters. The second-order valence-corrected chi connectivity index (χ2v) is 8.57. The molecule has 5 nitrogen and oxygen atoms in total. The first-order valence-electron chi connectivity index (χ1n) is 11.0. The van der Waals surface area contributed by atoms with Gasteiger partial charge in [0.1, 0.15) is 4.83 Å². The predicted molar refractivity (Wildman–Crippen MR) is 134 cm³/mol. The maximum atomic E-state index is 10.8. The van der Waals surface area contributed by atoms with Crippen LogP contribution in [-0.2, 0) is 6.42 Å². The number of benzene rings is 1. The summed E-state index contributed by atoms with van der Waals surface area (Å²) >= 11 is 1.42. The molecule has 0 aliphatic heterocycles. The first-order valence-corrected chi connectivity index (χ1v) is 11.8. The lowest BCUT2D eigenvalue weighted by Gasteiger charge is -2.24. The van der Waals surface area contributed by atoms with Crippen LogP contribution in [0, 0.1) is 5.41 Å². The van der Waals surface area contributed by atoms with Crippen LogP contribution in [0.4, 0.5) is 5.69 Å². The maximum absolute atomic E-state index is 10.8. The minimum atomic E-state index is 0.576. The quantitative estimate of drug-likeness (QED) is 0.211. The Kier molecular flexibility index (Phi) is 10.7. The third kappa shape index (κ3) is 7.79. The molecule has 3 aromatic rings. The van der Waals surface area contributed by atoms with Gasteiger partial charge in [0.25, 0.3) is 0 Å². The number of rotatable bonds is 11.